The van der Waals surface area contributed by atoms with Crippen LogP contribution in [0.15, 0.2) is 18.6 Å². The van der Waals surface area contributed by atoms with Crippen LogP contribution in [0.5, 0.6) is 0 Å². The second-order valence-corrected chi connectivity index (χ2v) is 4.37. The Kier molecular flexibility index (Phi) is 2.98. The molecule has 1 rings (SSSR count). The van der Waals surface area contributed by atoms with E-state index in [9.17, 15) is 0 Å². The van der Waals surface area contributed by atoms with E-state index in [4.69, 9.17) is 5.73 Å². The van der Waals surface area contributed by atoms with E-state index in [0.717, 1.165) is 12.1 Å². The molecule has 0 saturated carbocycles. The van der Waals surface area contributed by atoms with Crippen molar-refractivity contribution in [2.75, 3.05) is 0 Å². The Balaban J connectivity index is 2.61. The van der Waals surface area contributed by atoms with Crippen LogP contribution in [0.3, 0.4) is 0 Å². The largest absolute Gasteiger partial charge is 0.327 e. The lowest BCUT2D eigenvalue weighted by Gasteiger charge is -2.26. The predicted molar refractivity (Wildman–Crippen MR) is 53.2 cm³/mol. The topological polar surface area (TPSA) is 51.8 Å². The minimum Gasteiger partial charge on any atom is -0.327 e. The van der Waals surface area contributed by atoms with Crippen LogP contribution in [0.2, 0.25) is 0 Å². The van der Waals surface area contributed by atoms with Crippen molar-refractivity contribution in [3.05, 3.63) is 24.3 Å². The highest BCUT2D eigenvalue weighted by Crippen LogP contribution is 2.19. The SMILES string of the molecule is CC(C)(C)C(N)Cc1cnccn1. The first-order valence-electron chi connectivity index (χ1n) is 4.50. The Labute approximate surface area is 79.4 Å². The van der Waals surface area contributed by atoms with Crippen molar-refractivity contribution in [3.63, 3.8) is 0 Å². The van der Waals surface area contributed by atoms with Gasteiger partial charge in [0.15, 0.2) is 0 Å². The summed E-state index contributed by atoms with van der Waals surface area (Å²) in [4.78, 5) is 8.19. The monoisotopic (exact) mass is 179 g/mol. The fraction of sp³-hybridized carbons (Fsp3) is 0.600. The van der Waals surface area contributed by atoms with Crippen molar-refractivity contribution in [2.45, 2.75) is 33.2 Å². The van der Waals surface area contributed by atoms with Crippen molar-refractivity contribution < 1.29 is 0 Å². The first kappa shape index (κ1) is 10.1. The summed E-state index contributed by atoms with van der Waals surface area (Å²) in [5, 5.41) is 0. The Morgan fingerprint density at radius 1 is 1.38 bits per heavy atom. The van der Waals surface area contributed by atoms with Gasteiger partial charge in [0.05, 0.1) is 5.69 Å². The van der Waals surface area contributed by atoms with Gasteiger partial charge in [0, 0.05) is 31.1 Å². The molecule has 0 aliphatic rings. The van der Waals surface area contributed by atoms with Gasteiger partial charge in [0.25, 0.3) is 0 Å². The second kappa shape index (κ2) is 3.83. The van der Waals surface area contributed by atoms with Gasteiger partial charge in [-0.05, 0) is 5.41 Å². The molecule has 1 aromatic heterocycles. The number of hydrogen-bond acceptors (Lipinski definition) is 3. The molecule has 0 bridgehead atoms. The van der Waals surface area contributed by atoms with Crippen molar-refractivity contribution >= 4 is 0 Å². The van der Waals surface area contributed by atoms with Gasteiger partial charge in [-0.15, -0.1) is 0 Å². The molecule has 1 heterocycles. The zero-order valence-electron chi connectivity index (χ0n) is 8.49. The van der Waals surface area contributed by atoms with Crippen LogP contribution in [-0.4, -0.2) is 16.0 Å². The lowest BCUT2D eigenvalue weighted by atomic mass is 9.85. The van der Waals surface area contributed by atoms with Gasteiger partial charge in [0.2, 0.25) is 0 Å². The van der Waals surface area contributed by atoms with Crippen LogP contribution in [-0.2, 0) is 6.42 Å². The lowest BCUT2D eigenvalue weighted by Crippen LogP contribution is -2.37. The molecule has 0 aliphatic carbocycles. The molecule has 3 nitrogen and oxygen atoms in total. The summed E-state index contributed by atoms with van der Waals surface area (Å²) in [5.41, 5.74) is 7.10. The van der Waals surface area contributed by atoms with Crippen molar-refractivity contribution in [2.24, 2.45) is 11.1 Å². The Morgan fingerprint density at radius 2 is 2.08 bits per heavy atom. The highest BCUT2D eigenvalue weighted by Gasteiger charge is 2.20. The predicted octanol–water partition coefficient (Wildman–Crippen LogP) is 1.39. The van der Waals surface area contributed by atoms with Gasteiger partial charge in [0.1, 0.15) is 0 Å². The van der Waals surface area contributed by atoms with E-state index < -0.39 is 0 Å². The average Bonchev–Trinajstić information content (AvgIpc) is 2.04. The van der Waals surface area contributed by atoms with Crippen LogP contribution >= 0.6 is 0 Å². The number of hydrogen-bond donors (Lipinski definition) is 1. The maximum absolute atomic E-state index is 6.01. The molecular weight excluding hydrogens is 162 g/mol. The summed E-state index contributed by atoms with van der Waals surface area (Å²) in [5.74, 6) is 0. The highest BCUT2D eigenvalue weighted by atomic mass is 14.8. The maximum atomic E-state index is 6.01. The Hall–Kier alpha value is -0.960. The minimum absolute atomic E-state index is 0.123. The number of rotatable bonds is 2. The summed E-state index contributed by atoms with van der Waals surface area (Å²) in [7, 11) is 0. The van der Waals surface area contributed by atoms with E-state index in [1.54, 1.807) is 18.6 Å². The maximum Gasteiger partial charge on any atom is 0.0602 e. The number of aromatic nitrogens is 2. The van der Waals surface area contributed by atoms with Gasteiger partial charge in [-0.3, -0.25) is 9.97 Å². The van der Waals surface area contributed by atoms with Crippen LogP contribution in [0.1, 0.15) is 26.5 Å². The fourth-order valence-electron chi connectivity index (χ4n) is 0.967. The summed E-state index contributed by atoms with van der Waals surface area (Å²) in [6, 6.07) is 0.129. The molecule has 1 unspecified atom stereocenters. The molecule has 0 saturated heterocycles. The van der Waals surface area contributed by atoms with E-state index in [2.05, 4.69) is 30.7 Å². The third-order valence-electron chi connectivity index (χ3n) is 2.16. The van der Waals surface area contributed by atoms with Crippen molar-refractivity contribution in [1.82, 2.24) is 9.97 Å². The standard InChI is InChI=1S/C10H17N3/c1-10(2,3)9(11)6-8-7-12-4-5-13-8/h4-5,7,9H,6,11H2,1-3H3. The molecule has 0 amide bonds. The zero-order chi connectivity index (χ0) is 9.90. The van der Waals surface area contributed by atoms with Crippen molar-refractivity contribution in [3.8, 4) is 0 Å². The van der Waals surface area contributed by atoms with E-state index >= 15 is 0 Å². The molecule has 3 heteroatoms. The number of nitrogens with zero attached hydrogens (tertiary/aromatic N) is 2. The van der Waals surface area contributed by atoms with Crippen LogP contribution in [0.4, 0.5) is 0 Å². The zero-order valence-corrected chi connectivity index (χ0v) is 8.49. The summed E-state index contributed by atoms with van der Waals surface area (Å²) in [6.45, 7) is 6.40. The van der Waals surface area contributed by atoms with E-state index in [0.29, 0.717) is 0 Å². The van der Waals surface area contributed by atoms with Gasteiger partial charge >= 0.3 is 0 Å². The molecule has 2 N–H and O–H groups in total. The van der Waals surface area contributed by atoms with Crippen molar-refractivity contribution in [1.29, 1.82) is 0 Å². The Morgan fingerprint density at radius 3 is 2.54 bits per heavy atom. The third-order valence-corrected chi connectivity index (χ3v) is 2.16. The van der Waals surface area contributed by atoms with E-state index in [-0.39, 0.29) is 11.5 Å². The van der Waals surface area contributed by atoms with Gasteiger partial charge in [-0.2, -0.15) is 0 Å². The fourth-order valence-corrected chi connectivity index (χ4v) is 0.967. The molecule has 72 valence electrons. The summed E-state index contributed by atoms with van der Waals surface area (Å²) < 4.78 is 0. The third kappa shape index (κ3) is 3.11. The highest BCUT2D eigenvalue weighted by molar-refractivity contribution is 4.99. The Bertz CT molecular complexity index is 251. The van der Waals surface area contributed by atoms with E-state index in [1.807, 2.05) is 0 Å². The van der Waals surface area contributed by atoms with Gasteiger partial charge < -0.3 is 5.73 Å². The molecule has 13 heavy (non-hydrogen) atoms. The summed E-state index contributed by atoms with van der Waals surface area (Å²) >= 11 is 0. The molecule has 0 aromatic carbocycles. The molecule has 0 fully saturated rings. The molecule has 1 aromatic rings. The van der Waals surface area contributed by atoms with Gasteiger partial charge in [-0.25, -0.2) is 0 Å². The lowest BCUT2D eigenvalue weighted by molar-refractivity contribution is 0.316. The molecular formula is C10H17N3. The molecule has 1 atom stereocenters. The van der Waals surface area contributed by atoms with E-state index in [1.165, 1.54) is 0 Å². The normalized spacial score (nSPS) is 14.2. The second-order valence-electron chi connectivity index (χ2n) is 4.37. The van der Waals surface area contributed by atoms with Gasteiger partial charge in [-0.1, -0.05) is 20.8 Å². The quantitative estimate of drug-likeness (QED) is 0.746. The van der Waals surface area contributed by atoms with Crippen LogP contribution in [0.25, 0.3) is 0 Å². The smallest absolute Gasteiger partial charge is 0.0602 e. The average molecular weight is 179 g/mol. The number of nitrogens with two attached hydrogens (primary N) is 1. The minimum atomic E-state index is 0.123. The molecule has 0 aliphatic heterocycles. The first-order chi connectivity index (χ1) is 6.00. The molecule has 0 radical (unpaired) electrons. The van der Waals surface area contributed by atoms with Crippen LogP contribution in [0, 0.1) is 5.41 Å². The van der Waals surface area contributed by atoms with Crippen LogP contribution < -0.4 is 5.73 Å². The first-order valence-corrected chi connectivity index (χ1v) is 4.50. The summed E-state index contributed by atoms with van der Waals surface area (Å²) in [6.07, 6.45) is 5.93. The molecule has 0 spiro atoms.